The Morgan fingerprint density at radius 3 is 2.82 bits per heavy atom. The summed E-state index contributed by atoms with van der Waals surface area (Å²) in [5.41, 5.74) is 0.120. The van der Waals surface area contributed by atoms with E-state index in [2.05, 4.69) is 6.58 Å². The second kappa shape index (κ2) is 5.11. The minimum atomic E-state index is 0.120. The van der Waals surface area contributed by atoms with Crippen molar-refractivity contribution in [1.82, 2.24) is 0 Å². The first-order valence-corrected chi connectivity index (χ1v) is 6.44. The summed E-state index contributed by atoms with van der Waals surface area (Å²) in [7, 11) is 0. The zero-order chi connectivity index (χ0) is 12.3. The highest BCUT2D eigenvalue weighted by Crippen LogP contribution is 2.09. The van der Waals surface area contributed by atoms with Crippen LogP contribution < -0.4 is 15.2 Å². The van der Waals surface area contributed by atoms with Gasteiger partial charge in [-0.2, -0.15) is 0 Å². The van der Waals surface area contributed by atoms with E-state index in [0.29, 0.717) is 0 Å². The van der Waals surface area contributed by atoms with E-state index in [1.54, 1.807) is 17.4 Å². The van der Waals surface area contributed by atoms with Crippen molar-refractivity contribution >= 4 is 33.6 Å². The van der Waals surface area contributed by atoms with Crippen molar-refractivity contribution in [1.29, 1.82) is 0 Å². The van der Waals surface area contributed by atoms with Crippen LogP contribution in [0.3, 0.4) is 0 Å². The van der Waals surface area contributed by atoms with E-state index < -0.39 is 0 Å². The van der Waals surface area contributed by atoms with Gasteiger partial charge in [-0.3, -0.25) is 4.79 Å². The first kappa shape index (κ1) is 11.8. The fourth-order valence-electron chi connectivity index (χ4n) is 1.80. The summed E-state index contributed by atoms with van der Waals surface area (Å²) in [5.74, 6) is 0. The van der Waals surface area contributed by atoms with Gasteiger partial charge in [0.25, 0.3) is 0 Å². The second-order valence-corrected chi connectivity index (χ2v) is 4.80. The maximum atomic E-state index is 12.3. The highest BCUT2D eigenvalue weighted by Gasteiger charge is 2.00. The van der Waals surface area contributed by atoms with Gasteiger partial charge in [0.2, 0.25) is 0 Å². The normalized spacial score (nSPS) is 13.2. The van der Waals surface area contributed by atoms with Crippen LogP contribution in [-0.2, 0) is 0 Å². The van der Waals surface area contributed by atoms with Crippen molar-refractivity contribution in [2.24, 2.45) is 0 Å². The lowest BCUT2D eigenvalue weighted by molar-refractivity contribution is 1.28. The highest BCUT2D eigenvalue weighted by molar-refractivity contribution is 7.16. The van der Waals surface area contributed by atoms with Gasteiger partial charge >= 0.3 is 0 Å². The van der Waals surface area contributed by atoms with Crippen molar-refractivity contribution in [3.05, 3.63) is 56.9 Å². The lowest BCUT2D eigenvalue weighted by atomic mass is 10.2. The maximum Gasteiger partial charge on any atom is 0.195 e. The number of rotatable bonds is 2. The average Bonchev–Trinajstić information content (AvgIpc) is 2.34. The molecule has 1 heterocycles. The van der Waals surface area contributed by atoms with Crippen molar-refractivity contribution in [2.45, 2.75) is 13.3 Å². The molecule has 0 amide bonds. The summed E-state index contributed by atoms with van der Waals surface area (Å²) in [5, 5.41) is 1.61. The number of benzene rings is 1. The molecule has 2 rings (SSSR count). The Labute approximate surface area is 104 Å². The molecule has 0 N–H and O–H groups in total. The van der Waals surface area contributed by atoms with Gasteiger partial charge in [0.05, 0.1) is 0 Å². The molecule has 0 spiro atoms. The Kier molecular flexibility index (Phi) is 3.55. The van der Waals surface area contributed by atoms with Crippen molar-refractivity contribution in [3.63, 3.8) is 0 Å². The molecule has 0 atom stereocenters. The molecule has 0 aliphatic rings. The van der Waals surface area contributed by atoms with E-state index in [1.807, 2.05) is 43.3 Å². The molecular formula is C15H14OS. The molecular weight excluding hydrogens is 228 g/mol. The Bertz CT molecular complexity index is 723. The molecule has 1 nitrogen and oxygen atoms in total. The Morgan fingerprint density at radius 1 is 1.35 bits per heavy atom. The SMILES string of the molecule is C=C/C=c1/sc2ccccc2c(=O)/c1=C/CC. The molecule has 0 radical (unpaired) electrons. The topological polar surface area (TPSA) is 17.1 Å². The summed E-state index contributed by atoms with van der Waals surface area (Å²) in [6.45, 7) is 5.74. The van der Waals surface area contributed by atoms with Crippen LogP contribution in [0.4, 0.5) is 0 Å². The van der Waals surface area contributed by atoms with Crippen LogP contribution in [0.25, 0.3) is 22.2 Å². The zero-order valence-electron chi connectivity index (χ0n) is 9.77. The van der Waals surface area contributed by atoms with Crippen LogP contribution in [0.2, 0.25) is 0 Å². The number of hydrogen-bond acceptors (Lipinski definition) is 2. The quantitative estimate of drug-likeness (QED) is 0.790. The summed E-state index contributed by atoms with van der Waals surface area (Å²) in [6.07, 6.45) is 6.48. The third kappa shape index (κ3) is 2.22. The molecule has 0 unspecified atom stereocenters. The van der Waals surface area contributed by atoms with Crippen molar-refractivity contribution in [2.75, 3.05) is 0 Å². The van der Waals surface area contributed by atoms with Gasteiger partial charge in [-0.15, -0.1) is 11.3 Å². The van der Waals surface area contributed by atoms with Gasteiger partial charge in [-0.1, -0.05) is 37.8 Å². The summed E-state index contributed by atoms with van der Waals surface area (Å²) >= 11 is 1.63. The fraction of sp³-hybridized carbons (Fsp3) is 0.133. The molecule has 0 aliphatic heterocycles. The first-order chi connectivity index (χ1) is 8.27. The predicted molar refractivity (Wildman–Crippen MR) is 76.8 cm³/mol. The average molecular weight is 242 g/mol. The van der Waals surface area contributed by atoms with Crippen LogP contribution in [0.5, 0.6) is 0 Å². The number of fused-ring (bicyclic) bond motifs is 1. The Morgan fingerprint density at radius 2 is 2.12 bits per heavy atom. The Hall–Kier alpha value is -1.67. The lowest BCUT2D eigenvalue weighted by Crippen LogP contribution is -2.37. The van der Waals surface area contributed by atoms with Crippen LogP contribution in [0, 0.1) is 0 Å². The number of hydrogen-bond donors (Lipinski definition) is 0. The van der Waals surface area contributed by atoms with Crippen LogP contribution in [-0.4, -0.2) is 0 Å². The molecule has 86 valence electrons. The molecule has 0 saturated carbocycles. The number of allylic oxidation sites excluding steroid dienone is 1. The zero-order valence-corrected chi connectivity index (χ0v) is 10.6. The van der Waals surface area contributed by atoms with Crippen molar-refractivity contribution < 1.29 is 0 Å². The lowest BCUT2D eigenvalue weighted by Gasteiger charge is -1.96. The first-order valence-electron chi connectivity index (χ1n) is 5.62. The van der Waals surface area contributed by atoms with E-state index in [-0.39, 0.29) is 5.43 Å². The minimum absolute atomic E-state index is 0.120. The monoisotopic (exact) mass is 242 g/mol. The minimum Gasteiger partial charge on any atom is -0.289 e. The molecule has 2 heteroatoms. The smallest absolute Gasteiger partial charge is 0.195 e. The molecule has 2 aromatic rings. The third-order valence-electron chi connectivity index (χ3n) is 2.54. The van der Waals surface area contributed by atoms with Crippen LogP contribution in [0.15, 0.2) is 41.7 Å². The van der Waals surface area contributed by atoms with E-state index >= 15 is 0 Å². The van der Waals surface area contributed by atoms with Gasteiger partial charge in [-0.05, 0) is 24.6 Å². The molecule has 0 bridgehead atoms. The van der Waals surface area contributed by atoms with Crippen LogP contribution in [0.1, 0.15) is 13.3 Å². The van der Waals surface area contributed by atoms with Crippen molar-refractivity contribution in [3.8, 4) is 0 Å². The summed E-state index contributed by atoms with van der Waals surface area (Å²) in [6, 6.07) is 7.73. The van der Waals surface area contributed by atoms with Gasteiger partial charge in [0.1, 0.15) is 0 Å². The highest BCUT2D eigenvalue weighted by atomic mass is 32.1. The summed E-state index contributed by atoms with van der Waals surface area (Å²) < 4.78 is 2.02. The molecule has 0 aliphatic carbocycles. The molecule has 1 aromatic carbocycles. The standard InChI is InChI=1S/C15H14OS/c1-3-7-11-13(8-4-2)17-14-10-6-5-9-12(14)15(11)16/h4-10H,2-3H2,1H3/b11-7+,13-8+. The Balaban J connectivity index is 3.06. The molecule has 0 fully saturated rings. The van der Waals surface area contributed by atoms with Gasteiger partial charge in [0.15, 0.2) is 5.43 Å². The molecule has 1 aromatic heterocycles. The van der Waals surface area contributed by atoms with E-state index in [0.717, 1.165) is 26.3 Å². The third-order valence-corrected chi connectivity index (χ3v) is 3.69. The predicted octanol–water partition coefficient (Wildman–Crippen LogP) is 2.42. The fourth-order valence-corrected chi connectivity index (χ4v) is 2.91. The van der Waals surface area contributed by atoms with E-state index in [9.17, 15) is 4.79 Å². The largest absolute Gasteiger partial charge is 0.289 e. The van der Waals surface area contributed by atoms with Gasteiger partial charge in [0, 0.05) is 19.8 Å². The second-order valence-electron chi connectivity index (χ2n) is 3.72. The van der Waals surface area contributed by atoms with Crippen LogP contribution >= 0.6 is 11.3 Å². The van der Waals surface area contributed by atoms with E-state index in [1.165, 1.54) is 0 Å². The van der Waals surface area contributed by atoms with Gasteiger partial charge in [-0.25, -0.2) is 0 Å². The molecule has 0 saturated heterocycles. The van der Waals surface area contributed by atoms with Gasteiger partial charge < -0.3 is 0 Å². The van der Waals surface area contributed by atoms with E-state index in [4.69, 9.17) is 0 Å². The summed E-state index contributed by atoms with van der Waals surface area (Å²) in [4.78, 5) is 12.3. The maximum absolute atomic E-state index is 12.3. The molecule has 17 heavy (non-hydrogen) atoms.